The van der Waals surface area contributed by atoms with Gasteiger partial charge in [0, 0.05) is 25.1 Å². The first-order valence-corrected chi connectivity index (χ1v) is 5.40. The Morgan fingerprint density at radius 2 is 2.38 bits per heavy atom. The molecule has 4 heteroatoms. The van der Waals surface area contributed by atoms with Crippen LogP contribution in [-0.2, 0) is 6.54 Å². The van der Waals surface area contributed by atoms with Crippen LogP contribution in [-0.4, -0.2) is 15.8 Å². The minimum Gasteiger partial charge on any atom is -0.381 e. The highest BCUT2D eigenvalue weighted by molar-refractivity contribution is 5.39. The van der Waals surface area contributed by atoms with Crippen LogP contribution in [0, 0.1) is 12.3 Å². The number of nitrogens with one attached hydrogen (secondary N) is 1. The second-order valence-electron chi connectivity index (χ2n) is 3.91. The third-order valence-corrected chi connectivity index (χ3v) is 2.02. The van der Waals surface area contributed by atoms with E-state index in [-0.39, 0.29) is 5.56 Å². The molecule has 1 rings (SSSR count). The first-order valence-electron chi connectivity index (χ1n) is 5.40. The molecule has 0 unspecified atom stereocenters. The van der Waals surface area contributed by atoms with Gasteiger partial charge in [0.05, 0.1) is 11.9 Å². The van der Waals surface area contributed by atoms with E-state index in [1.54, 1.807) is 12.3 Å². The molecule has 1 aromatic heterocycles. The highest BCUT2D eigenvalue weighted by Crippen LogP contribution is 2.02. The van der Waals surface area contributed by atoms with Gasteiger partial charge in [-0.25, -0.2) is 4.68 Å². The van der Waals surface area contributed by atoms with Crippen LogP contribution in [0.2, 0.25) is 0 Å². The molecular formula is C12H17N3O. The van der Waals surface area contributed by atoms with E-state index in [9.17, 15) is 4.79 Å². The topological polar surface area (TPSA) is 46.9 Å². The maximum Gasteiger partial charge on any atom is 0.268 e. The lowest BCUT2D eigenvalue weighted by Crippen LogP contribution is -2.23. The third kappa shape index (κ3) is 3.77. The molecule has 0 bridgehead atoms. The summed E-state index contributed by atoms with van der Waals surface area (Å²) >= 11 is 0. The van der Waals surface area contributed by atoms with Crippen molar-refractivity contribution in [3.8, 4) is 12.3 Å². The van der Waals surface area contributed by atoms with E-state index in [2.05, 4.69) is 16.3 Å². The fraction of sp³-hybridized carbons (Fsp3) is 0.500. The molecule has 0 aromatic carbocycles. The van der Waals surface area contributed by atoms with Crippen LogP contribution in [0.3, 0.4) is 0 Å². The summed E-state index contributed by atoms with van der Waals surface area (Å²) < 4.78 is 1.43. The number of anilines is 1. The first-order chi connectivity index (χ1) is 7.63. The summed E-state index contributed by atoms with van der Waals surface area (Å²) in [4.78, 5) is 11.6. The number of nitrogens with zero attached hydrogens (tertiary/aromatic N) is 2. The Morgan fingerprint density at radius 3 is 2.94 bits per heavy atom. The fourth-order valence-electron chi connectivity index (χ4n) is 1.34. The Labute approximate surface area is 95.7 Å². The molecule has 0 saturated carbocycles. The van der Waals surface area contributed by atoms with Crippen LogP contribution < -0.4 is 10.9 Å². The largest absolute Gasteiger partial charge is 0.381 e. The first kappa shape index (κ1) is 12.3. The van der Waals surface area contributed by atoms with Crippen molar-refractivity contribution in [3.05, 3.63) is 22.6 Å². The lowest BCUT2D eigenvalue weighted by Gasteiger charge is -2.10. The van der Waals surface area contributed by atoms with Gasteiger partial charge in [-0.1, -0.05) is 0 Å². The fourth-order valence-corrected chi connectivity index (χ4v) is 1.34. The smallest absolute Gasteiger partial charge is 0.268 e. The number of aryl methyl sites for hydroxylation is 1. The molecule has 0 amide bonds. The van der Waals surface area contributed by atoms with Crippen molar-refractivity contribution in [3.63, 3.8) is 0 Å². The van der Waals surface area contributed by atoms with E-state index in [0.29, 0.717) is 19.0 Å². The Hall–Kier alpha value is -1.76. The van der Waals surface area contributed by atoms with Crippen molar-refractivity contribution in [1.29, 1.82) is 0 Å². The summed E-state index contributed by atoms with van der Waals surface area (Å²) in [6.45, 7) is 4.60. The number of aromatic nitrogens is 2. The second kappa shape index (κ2) is 5.96. The zero-order valence-corrected chi connectivity index (χ0v) is 9.73. The molecule has 0 radical (unpaired) electrons. The molecule has 0 aliphatic heterocycles. The lowest BCUT2D eigenvalue weighted by atomic mass is 10.3. The van der Waals surface area contributed by atoms with Gasteiger partial charge in [0.25, 0.3) is 5.56 Å². The van der Waals surface area contributed by atoms with Gasteiger partial charge in [-0.05, 0) is 20.3 Å². The predicted octanol–water partition coefficient (Wildman–Crippen LogP) is 1.48. The van der Waals surface area contributed by atoms with Crippen LogP contribution in [0.15, 0.2) is 17.1 Å². The van der Waals surface area contributed by atoms with Gasteiger partial charge in [0.15, 0.2) is 0 Å². The van der Waals surface area contributed by atoms with Crippen molar-refractivity contribution in [2.24, 2.45) is 0 Å². The zero-order chi connectivity index (χ0) is 12.0. The highest BCUT2D eigenvalue weighted by Gasteiger charge is 2.00. The maximum absolute atomic E-state index is 11.6. The molecule has 16 heavy (non-hydrogen) atoms. The zero-order valence-electron chi connectivity index (χ0n) is 9.73. The van der Waals surface area contributed by atoms with Crippen molar-refractivity contribution >= 4 is 5.69 Å². The average molecular weight is 219 g/mol. The number of rotatable bonds is 5. The van der Waals surface area contributed by atoms with Crippen LogP contribution in [0.5, 0.6) is 0 Å². The molecule has 0 spiro atoms. The van der Waals surface area contributed by atoms with Crippen molar-refractivity contribution < 1.29 is 0 Å². The predicted molar refractivity (Wildman–Crippen MR) is 65.3 cm³/mol. The molecule has 0 atom stereocenters. The standard InChI is InChI=1S/C12H17N3O/c1-4-5-6-7-15-12(16)8-11(9-13-15)14-10(2)3/h1,8-10,14H,5-7H2,2-3H3. The van der Waals surface area contributed by atoms with Crippen molar-refractivity contribution in [1.82, 2.24) is 9.78 Å². The summed E-state index contributed by atoms with van der Waals surface area (Å²) in [5.74, 6) is 2.54. The summed E-state index contributed by atoms with van der Waals surface area (Å²) in [7, 11) is 0. The van der Waals surface area contributed by atoms with Crippen molar-refractivity contribution in [2.45, 2.75) is 39.3 Å². The number of hydrogen-bond acceptors (Lipinski definition) is 3. The molecule has 4 nitrogen and oxygen atoms in total. The van der Waals surface area contributed by atoms with Gasteiger partial charge in [0.2, 0.25) is 0 Å². The SMILES string of the molecule is C#CCCCn1ncc(NC(C)C)cc1=O. The molecular weight excluding hydrogens is 202 g/mol. The summed E-state index contributed by atoms with van der Waals surface area (Å²) in [5.41, 5.74) is 0.663. The molecule has 1 heterocycles. The molecule has 1 aromatic rings. The Bertz CT molecular complexity index is 429. The lowest BCUT2D eigenvalue weighted by molar-refractivity contribution is 0.555. The van der Waals surface area contributed by atoms with E-state index >= 15 is 0 Å². The number of terminal acetylenes is 1. The highest BCUT2D eigenvalue weighted by atomic mass is 16.1. The van der Waals surface area contributed by atoms with Crippen LogP contribution in [0.25, 0.3) is 0 Å². The molecule has 86 valence electrons. The van der Waals surface area contributed by atoms with Gasteiger partial charge < -0.3 is 5.32 Å². The van der Waals surface area contributed by atoms with E-state index in [1.165, 1.54) is 4.68 Å². The normalized spacial score (nSPS) is 10.1. The van der Waals surface area contributed by atoms with Gasteiger partial charge in [-0.2, -0.15) is 5.10 Å². The van der Waals surface area contributed by atoms with Gasteiger partial charge >= 0.3 is 0 Å². The average Bonchev–Trinajstić information content (AvgIpc) is 2.20. The molecule has 0 aliphatic carbocycles. The van der Waals surface area contributed by atoms with Crippen molar-refractivity contribution in [2.75, 3.05) is 5.32 Å². The number of unbranched alkanes of at least 4 members (excludes halogenated alkanes) is 1. The van der Waals surface area contributed by atoms with Gasteiger partial charge in [0.1, 0.15) is 0 Å². The molecule has 0 aliphatic rings. The maximum atomic E-state index is 11.6. The van der Waals surface area contributed by atoms with E-state index in [4.69, 9.17) is 6.42 Å². The monoisotopic (exact) mass is 219 g/mol. The summed E-state index contributed by atoms with van der Waals surface area (Å²) in [5, 5.41) is 7.21. The minimum absolute atomic E-state index is 0.0947. The van der Waals surface area contributed by atoms with E-state index in [0.717, 1.165) is 12.1 Å². The number of hydrogen-bond donors (Lipinski definition) is 1. The molecule has 0 fully saturated rings. The molecule has 0 saturated heterocycles. The van der Waals surface area contributed by atoms with Crippen LogP contribution in [0.1, 0.15) is 26.7 Å². The Kier molecular flexibility index (Phi) is 4.59. The quantitative estimate of drug-likeness (QED) is 0.602. The summed E-state index contributed by atoms with van der Waals surface area (Å²) in [6, 6.07) is 1.85. The Balaban J connectivity index is 2.69. The van der Waals surface area contributed by atoms with Crippen LogP contribution in [0.4, 0.5) is 5.69 Å². The van der Waals surface area contributed by atoms with Crippen LogP contribution >= 0.6 is 0 Å². The summed E-state index contributed by atoms with van der Waals surface area (Å²) in [6.07, 6.45) is 8.25. The second-order valence-corrected chi connectivity index (χ2v) is 3.91. The van der Waals surface area contributed by atoms with Gasteiger partial charge in [-0.15, -0.1) is 12.3 Å². The van der Waals surface area contributed by atoms with Gasteiger partial charge in [-0.3, -0.25) is 4.79 Å². The Morgan fingerprint density at radius 1 is 1.62 bits per heavy atom. The third-order valence-electron chi connectivity index (χ3n) is 2.02. The van der Waals surface area contributed by atoms with E-state index < -0.39 is 0 Å². The van der Waals surface area contributed by atoms with E-state index in [1.807, 2.05) is 13.8 Å². The molecule has 1 N–H and O–H groups in total. The minimum atomic E-state index is -0.0947.